The van der Waals surface area contributed by atoms with Crippen LogP contribution in [-0.4, -0.2) is 43.3 Å². The van der Waals surface area contributed by atoms with Crippen LogP contribution in [0.3, 0.4) is 0 Å². The van der Waals surface area contributed by atoms with E-state index >= 15 is 0 Å². The Kier molecular flexibility index (Phi) is 7.66. The Balaban J connectivity index is 2.20. The Morgan fingerprint density at radius 3 is 2.37 bits per heavy atom. The molecule has 0 aliphatic carbocycles. The van der Waals surface area contributed by atoms with E-state index in [9.17, 15) is 0 Å². The van der Waals surface area contributed by atoms with Gasteiger partial charge in [-0.1, -0.05) is 6.07 Å². The van der Waals surface area contributed by atoms with Crippen molar-refractivity contribution in [3.63, 3.8) is 0 Å². The summed E-state index contributed by atoms with van der Waals surface area (Å²) in [7, 11) is 3.92. The summed E-state index contributed by atoms with van der Waals surface area (Å²) in [5, 5.41) is 0. The van der Waals surface area contributed by atoms with Gasteiger partial charge in [0.05, 0.1) is 17.7 Å². The maximum atomic E-state index is 4.63. The fourth-order valence-corrected chi connectivity index (χ4v) is 3.72. The first kappa shape index (κ1) is 21.2. The van der Waals surface area contributed by atoms with Crippen LogP contribution in [0.25, 0.3) is 0 Å². The van der Waals surface area contributed by atoms with Crippen molar-refractivity contribution in [3.05, 3.63) is 58.1 Å². The van der Waals surface area contributed by atoms with E-state index in [2.05, 4.69) is 79.8 Å². The molecule has 0 N–H and O–H groups in total. The Hall–Kier alpha value is -2.07. The molecular formula is C23H31N3S. The lowest BCUT2D eigenvalue weighted by molar-refractivity contribution is 0.552. The first-order chi connectivity index (χ1) is 12.8. The molecule has 2 aromatic rings. The van der Waals surface area contributed by atoms with Crippen LogP contribution < -0.4 is 0 Å². The van der Waals surface area contributed by atoms with Gasteiger partial charge in [0.2, 0.25) is 0 Å². The highest BCUT2D eigenvalue weighted by Gasteiger charge is 2.11. The molecule has 2 aromatic carbocycles. The zero-order chi connectivity index (χ0) is 20.0. The number of hydrogen-bond acceptors (Lipinski definition) is 3. The Morgan fingerprint density at radius 2 is 1.74 bits per heavy atom. The van der Waals surface area contributed by atoms with E-state index in [0.717, 1.165) is 23.7 Å². The molecule has 0 saturated heterocycles. The molecule has 0 heterocycles. The third kappa shape index (κ3) is 5.70. The van der Waals surface area contributed by atoms with Crippen molar-refractivity contribution in [3.8, 4) is 0 Å². The first-order valence-corrected chi connectivity index (χ1v) is 10.4. The van der Waals surface area contributed by atoms with Crippen LogP contribution in [0.15, 0.2) is 45.2 Å². The Bertz CT molecular complexity index is 853. The monoisotopic (exact) mass is 381 g/mol. The van der Waals surface area contributed by atoms with Crippen LogP contribution in [-0.2, 0) is 0 Å². The minimum atomic E-state index is 0.862. The molecule has 144 valence electrons. The minimum Gasteiger partial charge on any atom is -0.366 e. The third-order valence-electron chi connectivity index (χ3n) is 4.87. The quantitative estimate of drug-likeness (QED) is 0.347. The summed E-state index contributed by atoms with van der Waals surface area (Å²) in [5.74, 6) is 0.862. The molecule has 0 radical (unpaired) electrons. The van der Waals surface area contributed by atoms with E-state index < -0.39 is 0 Å². The summed E-state index contributed by atoms with van der Waals surface area (Å²) in [5.41, 5.74) is 8.42. The third-order valence-corrected chi connectivity index (χ3v) is 5.88. The SMILES string of the molecule is CCN(C)C=Nc1cc(C)c(C(CSc2ccc(C)c(C)c2)=NC)cc1C. The van der Waals surface area contributed by atoms with Crippen molar-refractivity contribution in [1.29, 1.82) is 0 Å². The Morgan fingerprint density at radius 1 is 1.00 bits per heavy atom. The standard InChI is InChI=1S/C23H31N3S/c1-8-26(7)15-25-22-13-18(4)21(12-19(22)5)23(24-6)14-27-20-10-9-16(2)17(3)11-20/h9-13,15H,8,14H2,1-7H3. The molecule has 0 bridgehead atoms. The second kappa shape index (κ2) is 9.75. The van der Waals surface area contributed by atoms with E-state index in [-0.39, 0.29) is 0 Å². The number of aliphatic imine (C=N–C) groups is 2. The number of aryl methyl sites for hydroxylation is 4. The van der Waals surface area contributed by atoms with Gasteiger partial charge in [-0.05, 0) is 86.7 Å². The minimum absolute atomic E-state index is 0.862. The number of hydrogen-bond donors (Lipinski definition) is 0. The van der Waals surface area contributed by atoms with Gasteiger partial charge in [0.1, 0.15) is 0 Å². The summed E-state index contributed by atoms with van der Waals surface area (Å²) in [4.78, 5) is 12.6. The van der Waals surface area contributed by atoms with Crippen LogP contribution in [0.5, 0.6) is 0 Å². The van der Waals surface area contributed by atoms with E-state index in [0.29, 0.717) is 0 Å². The summed E-state index contributed by atoms with van der Waals surface area (Å²) >= 11 is 1.84. The molecule has 0 saturated carbocycles. The van der Waals surface area contributed by atoms with Gasteiger partial charge >= 0.3 is 0 Å². The van der Waals surface area contributed by atoms with E-state index in [1.54, 1.807) is 0 Å². The number of benzene rings is 2. The summed E-state index contributed by atoms with van der Waals surface area (Å²) < 4.78 is 0. The molecule has 0 spiro atoms. The molecule has 2 rings (SSSR count). The highest BCUT2D eigenvalue weighted by atomic mass is 32.2. The largest absolute Gasteiger partial charge is 0.366 e. The fourth-order valence-electron chi connectivity index (χ4n) is 2.71. The number of rotatable bonds is 7. The molecule has 3 nitrogen and oxygen atoms in total. The van der Waals surface area contributed by atoms with Crippen LogP contribution in [0, 0.1) is 27.7 Å². The summed E-state index contributed by atoms with van der Waals surface area (Å²) in [6.07, 6.45) is 1.89. The van der Waals surface area contributed by atoms with Gasteiger partial charge in [-0.2, -0.15) is 0 Å². The van der Waals surface area contributed by atoms with Gasteiger partial charge in [-0.25, -0.2) is 4.99 Å². The Labute approximate surface area is 168 Å². The molecular weight excluding hydrogens is 350 g/mol. The average Bonchev–Trinajstić information content (AvgIpc) is 2.65. The highest BCUT2D eigenvalue weighted by Crippen LogP contribution is 2.27. The van der Waals surface area contributed by atoms with Crippen LogP contribution in [0.2, 0.25) is 0 Å². The lowest BCUT2D eigenvalue weighted by atomic mass is 10.0. The first-order valence-electron chi connectivity index (χ1n) is 9.37. The second-order valence-electron chi connectivity index (χ2n) is 6.98. The zero-order valence-corrected chi connectivity index (χ0v) is 18.4. The smallest absolute Gasteiger partial charge is 0.0909 e. The van der Waals surface area contributed by atoms with Gasteiger partial charge in [-0.15, -0.1) is 11.8 Å². The van der Waals surface area contributed by atoms with E-state index in [4.69, 9.17) is 0 Å². The highest BCUT2D eigenvalue weighted by molar-refractivity contribution is 8.00. The zero-order valence-electron chi connectivity index (χ0n) is 17.6. The molecule has 4 heteroatoms. The van der Waals surface area contributed by atoms with Crippen molar-refractivity contribution >= 4 is 29.5 Å². The van der Waals surface area contributed by atoms with Crippen LogP contribution in [0.1, 0.15) is 34.7 Å². The summed E-state index contributed by atoms with van der Waals surface area (Å²) in [6, 6.07) is 11.0. The van der Waals surface area contributed by atoms with Crippen molar-refractivity contribution < 1.29 is 0 Å². The molecule has 0 aromatic heterocycles. The summed E-state index contributed by atoms with van der Waals surface area (Å²) in [6.45, 7) is 11.6. The normalized spacial score (nSPS) is 12.0. The maximum absolute atomic E-state index is 4.63. The van der Waals surface area contributed by atoms with Gasteiger partial charge in [0.15, 0.2) is 0 Å². The predicted octanol–water partition coefficient (Wildman–Crippen LogP) is 5.74. The second-order valence-corrected chi connectivity index (χ2v) is 8.03. The van der Waals surface area contributed by atoms with E-state index in [1.165, 1.54) is 32.7 Å². The molecule has 0 amide bonds. The number of nitrogens with zero attached hydrogens (tertiary/aromatic N) is 3. The lowest BCUT2D eigenvalue weighted by Crippen LogP contribution is -2.14. The maximum Gasteiger partial charge on any atom is 0.0909 e. The number of thioether (sulfide) groups is 1. The van der Waals surface area contributed by atoms with Crippen molar-refractivity contribution in [2.75, 3.05) is 26.4 Å². The lowest BCUT2D eigenvalue weighted by Gasteiger charge is -2.14. The average molecular weight is 382 g/mol. The van der Waals surface area contributed by atoms with Gasteiger partial charge in [0, 0.05) is 31.3 Å². The predicted molar refractivity (Wildman–Crippen MR) is 121 cm³/mol. The topological polar surface area (TPSA) is 28.0 Å². The molecule has 0 fully saturated rings. The molecule has 0 unspecified atom stereocenters. The van der Waals surface area contributed by atoms with Crippen molar-refractivity contribution in [2.45, 2.75) is 39.5 Å². The van der Waals surface area contributed by atoms with Crippen LogP contribution in [0.4, 0.5) is 5.69 Å². The van der Waals surface area contributed by atoms with Gasteiger partial charge < -0.3 is 4.90 Å². The van der Waals surface area contributed by atoms with Crippen molar-refractivity contribution in [1.82, 2.24) is 4.90 Å². The fraction of sp³-hybridized carbons (Fsp3) is 0.391. The van der Waals surface area contributed by atoms with Crippen molar-refractivity contribution in [2.24, 2.45) is 9.98 Å². The van der Waals surface area contributed by atoms with Gasteiger partial charge in [-0.3, -0.25) is 4.99 Å². The molecule has 0 atom stereocenters. The van der Waals surface area contributed by atoms with Gasteiger partial charge in [0.25, 0.3) is 0 Å². The van der Waals surface area contributed by atoms with Crippen LogP contribution >= 0.6 is 11.8 Å². The molecule has 0 aliphatic heterocycles. The van der Waals surface area contributed by atoms with E-state index in [1.807, 2.05) is 32.2 Å². The molecule has 27 heavy (non-hydrogen) atoms. The molecule has 0 aliphatic rings.